The second kappa shape index (κ2) is 4.06. The fourth-order valence-corrected chi connectivity index (χ4v) is 1.65. The molecule has 0 aromatic carbocycles. The van der Waals surface area contributed by atoms with Gasteiger partial charge < -0.3 is 0 Å². The molecule has 0 bridgehead atoms. The highest BCUT2D eigenvalue weighted by atomic mass is 79.9. The highest BCUT2D eigenvalue weighted by Crippen LogP contribution is 2.22. The van der Waals surface area contributed by atoms with Gasteiger partial charge in [0.25, 0.3) is 5.95 Å². The van der Waals surface area contributed by atoms with E-state index in [-0.39, 0.29) is 11.8 Å². The van der Waals surface area contributed by atoms with Crippen molar-refractivity contribution in [1.82, 2.24) is 15.2 Å². The maximum atomic E-state index is 11.6. The van der Waals surface area contributed by atoms with Gasteiger partial charge in [-0.1, -0.05) is 6.08 Å². The number of anilines is 1. The molecule has 1 aliphatic heterocycles. The molecule has 2 heterocycles. The van der Waals surface area contributed by atoms with E-state index in [1.807, 2.05) is 0 Å². The average Bonchev–Trinajstić information content (AvgIpc) is 2.61. The molecule has 0 spiro atoms. The first kappa shape index (κ1) is 10.2. The first-order chi connectivity index (χ1) is 7.20. The van der Waals surface area contributed by atoms with Crippen molar-refractivity contribution in [3.63, 3.8) is 0 Å². The average molecular weight is 269 g/mol. The van der Waals surface area contributed by atoms with Gasteiger partial charge in [0.2, 0.25) is 5.91 Å². The van der Waals surface area contributed by atoms with Crippen molar-refractivity contribution in [3.8, 4) is 0 Å². The van der Waals surface area contributed by atoms with Crippen LogP contribution >= 0.6 is 15.9 Å². The summed E-state index contributed by atoms with van der Waals surface area (Å²) in [5.74, 6) is 0.557. The van der Waals surface area contributed by atoms with Gasteiger partial charge in [-0.05, 0) is 15.9 Å². The van der Waals surface area contributed by atoms with Gasteiger partial charge in [0, 0.05) is 18.9 Å². The molecule has 15 heavy (non-hydrogen) atoms. The van der Waals surface area contributed by atoms with Crippen LogP contribution in [0.4, 0.5) is 5.95 Å². The molecule has 1 saturated heterocycles. The highest BCUT2D eigenvalue weighted by molar-refractivity contribution is 9.10. The van der Waals surface area contributed by atoms with E-state index in [9.17, 15) is 4.79 Å². The standard InChI is InChI=1S/C9H9BrN4O/c1-2-6-3-8(15)14(5-6)9-11-4-7(10)12-13-9/h2,4,6H,1,3,5H2. The van der Waals surface area contributed by atoms with Crippen molar-refractivity contribution in [1.29, 1.82) is 0 Å². The van der Waals surface area contributed by atoms with Crippen molar-refractivity contribution in [2.75, 3.05) is 11.4 Å². The largest absolute Gasteiger partial charge is 0.279 e. The Bertz CT molecular complexity index is 392. The second-order valence-corrected chi connectivity index (χ2v) is 4.10. The number of hydrogen-bond donors (Lipinski definition) is 0. The maximum absolute atomic E-state index is 11.6. The van der Waals surface area contributed by atoms with Crippen LogP contribution in [0.5, 0.6) is 0 Å². The third kappa shape index (κ3) is 2.04. The molecular formula is C9H9BrN4O. The molecule has 0 aliphatic carbocycles. The molecule has 6 heteroatoms. The van der Waals surface area contributed by atoms with E-state index in [0.717, 1.165) is 0 Å². The molecule has 0 radical (unpaired) electrons. The molecule has 1 unspecified atom stereocenters. The maximum Gasteiger partial charge on any atom is 0.252 e. The van der Waals surface area contributed by atoms with Crippen molar-refractivity contribution in [3.05, 3.63) is 23.5 Å². The fraction of sp³-hybridized carbons (Fsp3) is 0.333. The van der Waals surface area contributed by atoms with Crippen LogP contribution in [-0.2, 0) is 4.79 Å². The van der Waals surface area contributed by atoms with Crippen molar-refractivity contribution < 1.29 is 4.79 Å². The summed E-state index contributed by atoms with van der Waals surface area (Å²) in [7, 11) is 0. The van der Waals surface area contributed by atoms with Crippen LogP contribution in [0.1, 0.15) is 6.42 Å². The van der Waals surface area contributed by atoms with Gasteiger partial charge in [-0.15, -0.1) is 16.8 Å². The Morgan fingerprint density at radius 1 is 1.60 bits per heavy atom. The van der Waals surface area contributed by atoms with Gasteiger partial charge in [-0.2, -0.15) is 0 Å². The van der Waals surface area contributed by atoms with Gasteiger partial charge in [0.15, 0.2) is 0 Å². The molecule has 1 aromatic heterocycles. The number of nitrogens with zero attached hydrogens (tertiary/aromatic N) is 4. The zero-order chi connectivity index (χ0) is 10.8. The third-order valence-corrected chi connectivity index (χ3v) is 2.61. The predicted octanol–water partition coefficient (Wildman–Crippen LogP) is 1.17. The molecular weight excluding hydrogens is 260 g/mol. The fourth-order valence-electron chi connectivity index (χ4n) is 1.47. The minimum absolute atomic E-state index is 0.0176. The Morgan fingerprint density at radius 2 is 2.40 bits per heavy atom. The Labute approximate surface area is 95.3 Å². The Morgan fingerprint density at radius 3 is 2.93 bits per heavy atom. The number of hydrogen-bond acceptors (Lipinski definition) is 4. The van der Waals surface area contributed by atoms with Gasteiger partial charge in [0.05, 0.1) is 6.20 Å². The number of halogens is 1. The highest BCUT2D eigenvalue weighted by Gasteiger charge is 2.30. The summed E-state index contributed by atoms with van der Waals surface area (Å²) >= 11 is 3.14. The zero-order valence-corrected chi connectivity index (χ0v) is 9.51. The topological polar surface area (TPSA) is 59.0 Å². The lowest BCUT2D eigenvalue weighted by molar-refractivity contribution is -0.117. The molecule has 0 saturated carbocycles. The minimum atomic E-state index is 0.0176. The lowest BCUT2D eigenvalue weighted by atomic mass is 10.1. The molecule has 2 rings (SSSR count). The monoisotopic (exact) mass is 268 g/mol. The van der Waals surface area contributed by atoms with E-state index in [4.69, 9.17) is 0 Å². The lowest BCUT2D eigenvalue weighted by Crippen LogP contribution is -2.26. The molecule has 1 atom stereocenters. The Kier molecular flexibility index (Phi) is 2.77. The first-order valence-electron chi connectivity index (χ1n) is 4.49. The Balaban J connectivity index is 2.21. The van der Waals surface area contributed by atoms with Crippen LogP contribution in [0.3, 0.4) is 0 Å². The van der Waals surface area contributed by atoms with E-state index < -0.39 is 0 Å². The van der Waals surface area contributed by atoms with E-state index in [1.54, 1.807) is 6.08 Å². The van der Waals surface area contributed by atoms with Crippen molar-refractivity contribution in [2.45, 2.75) is 6.42 Å². The van der Waals surface area contributed by atoms with Crippen LogP contribution in [0.25, 0.3) is 0 Å². The summed E-state index contributed by atoms with van der Waals surface area (Å²) < 4.78 is 0.554. The Hall–Kier alpha value is -1.30. The predicted molar refractivity (Wildman–Crippen MR) is 58.2 cm³/mol. The number of carbonyl (C=O) groups excluding carboxylic acids is 1. The molecule has 1 amide bonds. The third-order valence-electron chi connectivity index (χ3n) is 2.25. The molecule has 5 nitrogen and oxygen atoms in total. The van der Waals surface area contributed by atoms with Crippen LogP contribution in [-0.4, -0.2) is 27.6 Å². The number of carbonyl (C=O) groups is 1. The second-order valence-electron chi connectivity index (χ2n) is 3.29. The lowest BCUT2D eigenvalue weighted by Gasteiger charge is -2.12. The quantitative estimate of drug-likeness (QED) is 0.756. The SMILES string of the molecule is C=CC1CC(=O)N(c2ncc(Br)nn2)C1. The summed E-state index contributed by atoms with van der Waals surface area (Å²) in [5, 5.41) is 7.64. The zero-order valence-electron chi connectivity index (χ0n) is 7.93. The smallest absolute Gasteiger partial charge is 0.252 e. The van der Waals surface area contributed by atoms with E-state index in [0.29, 0.717) is 23.5 Å². The summed E-state index contributed by atoms with van der Waals surface area (Å²) in [6.07, 6.45) is 3.78. The first-order valence-corrected chi connectivity index (χ1v) is 5.28. The summed E-state index contributed by atoms with van der Waals surface area (Å²) in [5.41, 5.74) is 0. The van der Waals surface area contributed by atoms with Gasteiger partial charge >= 0.3 is 0 Å². The molecule has 78 valence electrons. The number of aromatic nitrogens is 3. The van der Waals surface area contributed by atoms with E-state index in [2.05, 4.69) is 37.7 Å². The molecule has 1 aromatic rings. The van der Waals surface area contributed by atoms with Crippen LogP contribution in [0, 0.1) is 5.92 Å². The van der Waals surface area contributed by atoms with Crippen LogP contribution < -0.4 is 4.90 Å². The molecule has 1 aliphatic rings. The van der Waals surface area contributed by atoms with Crippen molar-refractivity contribution in [2.24, 2.45) is 5.92 Å². The van der Waals surface area contributed by atoms with Gasteiger partial charge in [0.1, 0.15) is 4.60 Å². The van der Waals surface area contributed by atoms with Gasteiger partial charge in [-0.3, -0.25) is 9.69 Å². The van der Waals surface area contributed by atoms with Gasteiger partial charge in [-0.25, -0.2) is 4.98 Å². The molecule has 0 N–H and O–H groups in total. The summed E-state index contributed by atoms with van der Waals surface area (Å²) in [4.78, 5) is 17.2. The van der Waals surface area contributed by atoms with Crippen LogP contribution in [0.15, 0.2) is 23.5 Å². The normalized spacial score (nSPS) is 20.7. The van der Waals surface area contributed by atoms with E-state index in [1.165, 1.54) is 11.1 Å². The summed E-state index contributed by atoms with van der Waals surface area (Å²) in [6, 6.07) is 0. The molecule has 1 fully saturated rings. The van der Waals surface area contributed by atoms with E-state index >= 15 is 0 Å². The summed E-state index contributed by atoms with van der Waals surface area (Å²) in [6.45, 7) is 4.27. The van der Waals surface area contributed by atoms with Crippen molar-refractivity contribution >= 4 is 27.8 Å². The number of rotatable bonds is 2. The minimum Gasteiger partial charge on any atom is -0.279 e. The number of amides is 1. The van der Waals surface area contributed by atoms with Crippen LogP contribution in [0.2, 0.25) is 0 Å².